The molecular weight excluding hydrogens is 262 g/mol. The van der Waals surface area contributed by atoms with E-state index in [1.54, 1.807) is 0 Å². The largest absolute Gasteiger partial charge is 0.461 e. The Hall–Kier alpha value is -1.24. The van der Waals surface area contributed by atoms with Crippen molar-refractivity contribution in [1.29, 1.82) is 0 Å². The van der Waals surface area contributed by atoms with Crippen LogP contribution < -0.4 is 15.4 Å². The summed E-state index contributed by atoms with van der Waals surface area (Å²) in [6, 6.07) is 0.300. The Morgan fingerprint density at radius 2 is 2.05 bits per heavy atom. The number of hydrogen-bond acceptors (Lipinski definition) is 7. The van der Waals surface area contributed by atoms with E-state index in [0.29, 0.717) is 12.0 Å². The Kier molecular flexibility index (Phi) is 4.03. The SMILES string of the molecule is CC(C)Oc1nc(N)nc(N2CCSC(C)(C)C2)n1. The molecule has 0 atom stereocenters. The molecule has 19 heavy (non-hydrogen) atoms. The fourth-order valence-electron chi connectivity index (χ4n) is 1.95. The molecule has 0 amide bonds. The maximum absolute atomic E-state index is 5.74. The van der Waals surface area contributed by atoms with Crippen molar-refractivity contribution < 1.29 is 4.74 Å². The minimum atomic E-state index is 0.0167. The van der Waals surface area contributed by atoms with E-state index in [2.05, 4.69) is 33.7 Å². The van der Waals surface area contributed by atoms with E-state index in [1.165, 1.54) is 0 Å². The van der Waals surface area contributed by atoms with Gasteiger partial charge in [-0.3, -0.25) is 0 Å². The van der Waals surface area contributed by atoms with Crippen LogP contribution >= 0.6 is 11.8 Å². The van der Waals surface area contributed by atoms with Crippen LogP contribution in [0.1, 0.15) is 27.7 Å². The Morgan fingerprint density at radius 3 is 2.68 bits per heavy atom. The summed E-state index contributed by atoms with van der Waals surface area (Å²) in [4.78, 5) is 14.7. The van der Waals surface area contributed by atoms with Gasteiger partial charge in [-0.1, -0.05) is 0 Å². The van der Waals surface area contributed by atoms with Gasteiger partial charge in [0.15, 0.2) is 0 Å². The van der Waals surface area contributed by atoms with Crippen LogP contribution in [-0.2, 0) is 0 Å². The third kappa shape index (κ3) is 3.86. The fraction of sp³-hybridized carbons (Fsp3) is 0.750. The number of thioether (sulfide) groups is 1. The second-order valence-electron chi connectivity index (χ2n) is 5.47. The minimum absolute atomic E-state index is 0.0167. The lowest BCUT2D eigenvalue weighted by atomic mass is 10.2. The van der Waals surface area contributed by atoms with Crippen LogP contribution in [0.25, 0.3) is 0 Å². The molecule has 2 N–H and O–H groups in total. The number of aromatic nitrogens is 3. The quantitative estimate of drug-likeness (QED) is 0.902. The van der Waals surface area contributed by atoms with Gasteiger partial charge in [0, 0.05) is 23.6 Å². The van der Waals surface area contributed by atoms with E-state index in [-0.39, 0.29) is 16.8 Å². The summed E-state index contributed by atoms with van der Waals surface area (Å²) in [6.07, 6.45) is 0.0167. The van der Waals surface area contributed by atoms with Gasteiger partial charge in [0.1, 0.15) is 0 Å². The predicted molar refractivity (Wildman–Crippen MR) is 78.8 cm³/mol. The molecule has 1 aliphatic rings. The van der Waals surface area contributed by atoms with Crippen LogP contribution in [0.15, 0.2) is 0 Å². The van der Waals surface area contributed by atoms with Gasteiger partial charge in [-0.05, 0) is 27.7 Å². The second-order valence-corrected chi connectivity index (χ2v) is 7.27. The van der Waals surface area contributed by atoms with Gasteiger partial charge in [-0.15, -0.1) is 0 Å². The number of anilines is 2. The second kappa shape index (κ2) is 5.40. The molecule has 1 aliphatic heterocycles. The third-order valence-electron chi connectivity index (χ3n) is 2.67. The molecule has 1 saturated heterocycles. The first kappa shape index (κ1) is 14.2. The molecule has 0 aliphatic carbocycles. The first-order chi connectivity index (χ1) is 8.85. The average molecular weight is 283 g/mol. The minimum Gasteiger partial charge on any atom is -0.461 e. The zero-order valence-electron chi connectivity index (χ0n) is 11.9. The molecule has 0 radical (unpaired) electrons. The summed E-state index contributed by atoms with van der Waals surface area (Å²) in [6.45, 7) is 10.1. The van der Waals surface area contributed by atoms with Crippen LogP contribution in [0, 0.1) is 0 Å². The highest BCUT2D eigenvalue weighted by Gasteiger charge is 2.29. The maximum Gasteiger partial charge on any atom is 0.323 e. The molecule has 1 fully saturated rings. The van der Waals surface area contributed by atoms with Gasteiger partial charge in [-0.25, -0.2) is 0 Å². The van der Waals surface area contributed by atoms with Crippen molar-refractivity contribution in [2.75, 3.05) is 29.5 Å². The van der Waals surface area contributed by atoms with Crippen molar-refractivity contribution in [3.63, 3.8) is 0 Å². The molecule has 2 heterocycles. The molecule has 0 spiro atoms. The van der Waals surface area contributed by atoms with E-state index < -0.39 is 0 Å². The zero-order chi connectivity index (χ0) is 14.0. The lowest BCUT2D eigenvalue weighted by molar-refractivity contribution is 0.222. The van der Waals surface area contributed by atoms with Crippen molar-refractivity contribution in [2.24, 2.45) is 0 Å². The number of nitrogens with two attached hydrogens (primary N) is 1. The van der Waals surface area contributed by atoms with Crippen LogP contribution in [0.2, 0.25) is 0 Å². The van der Waals surface area contributed by atoms with Crippen LogP contribution in [0.4, 0.5) is 11.9 Å². The molecule has 6 nitrogen and oxygen atoms in total. The predicted octanol–water partition coefficient (Wildman–Crippen LogP) is 1.57. The molecule has 0 unspecified atom stereocenters. The Bertz CT molecular complexity index is 452. The van der Waals surface area contributed by atoms with Crippen molar-refractivity contribution in [2.45, 2.75) is 38.5 Å². The maximum atomic E-state index is 5.74. The number of nitrogen functional groups attached to an aromatic ring is 1. The fourth-order valence-corrected chi connectivity index (χ4v) is 3.06. The molecule has 106 valence electrons. The summed E-state index contributed by atoms with van der Waals surface area (Å²) in [5.74, 6) is 1.87. The van der Waals surface area contributed by atoms with E-state index in [4.69, 9.17) is 10.5 Å². The smallest absolute Gasteiger partial charge is 0.323 e. The molecule has 2 rings (SSSR count). The van der Waals surface area contributed by atoms with Gasteiger partial charge >= 0.3 is 6.01 Å². The van der Waals surface area contributed by atoms with Crippen LogP contribution in [0.3, 0.4) is 0 Å². The van der Waals surface area contributed by atoms with Gasteiger partial charge < -0.3 is 15.4 Å². The van der Waals surface area contributed by atoms with Crippen molar-refractivity contribution in [3.05, 3.63) is 0 Å². The van der Waals surface area contributed by atoms with E-state index >= 15 is 0 Å². The number of rotatable bonds is 3. The van der Waals surface area contributed by atoms with Crippen LogP contribution in [-0.4, -0.2) is 44.6 Å². The van der Waals surface area contributed by atoms with E-state index in [0.717, 1.165) is 18.8 Å². The third-order valence-corrected chi connectivity index (χ3v) is 3.97. The number of hydrogen-bond donors (Lipinski definition) is 1. The van der Waals surface area contributed by atoms with E-state index in [9.17, 15) is 0 Å². The van der Waals surface area contributed by atoms with Gasteiger partial charge in [0.25, 0.3) is 0 Å². The highest BCUT2D eigenvalue weighted by molar-refractivity contribution is 8.00. The monoisotopic (exact) mass is 283 g/mol. The Labute approximate surface area is 118 Å². The number of ether oxygens (including phenoxy) is 1. The molecule has 1 aromatic rings. The Morgan fingerprint density at radius 1 is 1.32 bits per heavy atom. The Balaban J connectivity index is 2.21. The van der Waals surface area contributed by atoms with Crippen molar-refractivity contribution in [3.8, 4) is 6.01 Å². The molecule has 7 heteroatoms. The molecular formula is C12H21N5OS. The highest BCUT2D eigenvalue weighted by atomic mass is 32.2. The first-order valence-electron chi connectivity index (χ1n) is 6.43. The summed E-state index contributed by atoms with van der Waals surface area (Å²) in [5, 5.41) is 0. The summed E-state index contributed by atoms with van der Waals surface area (Å²) in [7, 11) is 0. The standard InChI is InChI=1S/C12H21N5OS/c1-8(2)18-11-15-9(13)14-10(16-11)17-5-6-19-12(3,4)7-17/h8H,5-7H2,1-4H3,(H2,13,14,15,16). The van der Waals surface area contributed by atoms with E-state index in [1.807, 2.05) is 25.6 Å². The first-order valence-corrected chi connectivity index (χ1v) is 7.41. The average Bonchev–Trinajstić information content (AvgIpc) is 2.25. The lowest BCUT2D eigenvalue weighted by Crippen LogP contribution is -2.44. The summed E-state index contributed by atoms with van der Waals surface area (Å²) < 4.78 is 5.70. The van der Waals surface area contributed by atoms with Gasteiger partial charge in [0.05, 0.1) is 6.10 Å². The van der Waals surface area contributed by atoms with Crippen LogP contribution in [0.5, 0.6) is 6.01 Å². The highest BCUT2D eigenvalue weighted by Crippen LogP contribution is 2.31. The summed E-state index contributed by atoms with van der Waals surface area (Å²) in [5.41, 5.74) is 5.74. The molecule has 0 bridgehead atoms. The summed E-state index contributed by atoms with van der Waals surface area (Å²) >= 11 is 1.96. The molecule has 0 saturated carbocycles. The molecule has 1 aromatic heterocycles. The zero-order valence-corrected chi connectivity index (χ0v) is 12.7. The normalized spacial score (nSPS) is 18.7. The molecule has 0 aromatic carbocycles. The topological polar surface area (TPSA) is 77.2 Å². The lowest BCUT2D eigenvalue weighted by Gasteiger charge is -2.37. The van der Waals surface area contributed by atoms with Crippen molar-refractivity contribution in [1.82, 2.24) is 15.0 Å². The van der Waals surface area contributed by atoms with Gasteiger partial charge in [0.2, 0.25) is 11.9 Å². The van der Waals surface area contributed by atoms with Crippen molar-refractivity contribution >= 4 is 23.7 Å². The number of nitrogens with zero attached hydrogens (tertiary/aromatic N) is 4. The van der Waals surface area contributed by atoms with Gasteiger partial charge in [-0.2, -0.15) is 26.7 Å².